The quantitative estimate of drug-likeness (QED) is 0.0962. The van der Waals surface area contributed by atoms with Crippen LogP contribution in [0, 0.1) is 0 Å². The van der Waals surface area contributed by atoms with Gasteiger partial charge in [-0.2, -0.15) is 0 Å². The minimum atomic E-state index is -2.86. The van der Waals surface area contributed by atoms with Crippen LogP contribution in [0.25, 0.3) is 50.4 Å². The van der Waals surface area contributed by atoms with E-state index in [0.29, 0.717) is 5.95 Å². The fourth-order valence-electron chi connectivity index (χ4n) is 10.8. The monoisotopic (exact) mass is 914 g/mol. The van der Waals surface area contributed by atoms with Crippen molar-refractivity contribution < 1.29 is 0 Å². The summed E-state index contributed by atoms with van der Waals surface area (Å²) in [5, 5.41) is 12.6. The number of aromatic nitrogens is 4. The van der Waals surface area contributed by atoms with Crippen LogP contribution in [0.3, 0.4) is 0 Å². The predicted molar refractivity (Wildman–Crippen MR) is 292 cm³/mol. The molecule has 0 amide bonds. The first kappa shape index (κ1) is 41.8. The zero-order chi connectivity index (χ0) is 46.0. The number of pyridine rings is 1. The van der Waals surface area contributed by atoms with Crippen LogP contribution >= 0.6 is 0 Å². The standard InChI is InChI=1S/C63H46N4Si2/c1-7-26-49(27-8-1)68(50-28-9-2-10-29-50,51-30-11-3-12-31-51)55-38-21-24-47(44-55)59-46-60(66-63(65-59)67-61-42-20-19-40-57(61)58-41-23-43-64-62(58)67)48-25-22-39-56(45-48)69(52-32-13-4-14-33-52,53-34-15-5-16-35-53)54-36-17-6-18-37-54/h1-46H. The van der Waals surface area contributed by atoms with E-state index in [-0.39, 0.29) is 0 Å². The lowest BCUT2D eigenvalue weighted by Gasteiger charge is -2.34. The molecule has 12 aromatic rings. The molecule has 0 saturated heterocycles. The summed E-state index contributed by atoms with van der Waals surface area (Å²) in [6.45, 7) is 0. The fraction of sp³-hybridized carbons (Fsp3) is 0. The summed E-state index contributed by atoms with van der Waals surface area (Å²) in [5.41, 5.74) is 5.52. The highest BCUT2D eigenvalue weighted by Gasteiger charge is 2.43. The highest BCUT2D eigenvalue weighted by Crippen LogP contribution is 2.32. The molecule has 0 saturated carbocycles. The smallest absolute Gasteiger partial charge is 0.237 e. The molecule has 6 heteroatoms. The van der Waals surface area contributed by atoms with Crippen molar-refractivity contribution in [3.05, 3.63) is 279 Å². The average molecular weight is 915 g/mol. The molecule has 69 heavy (non-hydrogen) atoms. The normalized spacial score (nSPS) is 11.8. The molecule has 0 radical (unpaired) electrons. The van der Waals surface area contributed by atoms with Gasteiger partial charge in [0.1, 0.15) is 5.65 Å². The van der Waals surface area contributed by atoms with Crippen molar-refractivity contribution in [3.8, 4) is 28.5 Å². The number of hydrogen-bond donors (Lipinski definition) is 0. The van der Waals surface area contributed by atoms with Crippen molar-refractivity contribution in [2.75, 3.05) is 0 Å². The molecule has 0 fully saturated rings. The molecule has 0 N–H and O–H groups in total. The summed E-state index contributed by atoms with van der Waals surface area (Å²) in [6, 6.07) is 99.6. The molecular weight excluding hydrogens is 869 g/mol. The molecule has 0 aliphatic carbocycles. The van der Waals surface area contributed by atoms with Crippen LogP contribution in [0.1, 0.15) is 0 Å². The predicted octanol–water partition coefficient (Wildman–Crippen LogP) is 9.06. The molecule has 0 unspecified atom stereocenters. The number of benzene rings is 9. The highest BCUT2D eigenvalue weighted by molar-refractivity contribution is 7.20. The van der Waals surface area contributed by atoms with Crippen molar-refractivity contribution in [2.24, 2.45) is 0 Å². The van der Waals surface area contributed by atoms with E-state index >= 15 is 0 Å². The SMILES string of the molecule is c1ccc([Si](c2ccccc2)(c2ccccc2)c2cccc(-c3cc(-c4cccc([Si](c5ccccc5)(c5ccccc5)c5ccccc5)c4)nc(-n4c5ccccc5c5cccnc54)n3)c2)cc1. The third kappa shape index (κ3) is 7.17. The third-order valence-electron chi connectivity index (χ3n) is 13.8. The number of rotatable bonds is 11. The second kappa shape index (κ2) is 17.9. The Morgan fingerprint density at radius 1 is 0.290 bits per heavy atom. The van der Waals surface area contributed by atoms with Gasteiger partial charge in [0.05, 0.1) is 16.9 Å². The Balaban J connectivity index is 1.13. The van der Waals surface area contributed by atoms with Crippen LogP contribution in [-0.4, -0.2) is 35.7 Å². The van der Waals surface area contributed by atoms with E-state index < -0.39 is 16.1 Å². The van der Waals surface area contributed by atoms with E-state index in [1.54, 1.807) is 0 Å². The van der Waals surface area contributed by atoms with E-state index in [2.05, 4.69) is 271 Å². The molecule has 0 aliphatic rings. The van der Waals surface area contributed by atoms with Crippen LogP contribution in [-0.2, 0) is 0 Å². The first-order valence-corrected chi connectivity index (χ1v) is 27.5. The number of fused-ring (bicyclic) bond motifs is 3. The Labute approximate surface area is 404 Å². The molecule has 9 aromatic carbocycles. The Morgan fingerprint density at radius 2 is 0.638 bits per heavy atom. The van der Waals surface area contributed by atoms with Crippen LogP contribution in [0.15, 0.2) is 279 Å². The summed E-state index contributed by atoms with van der Waals surface area (Å²) >= 11 is 0. The summed E-state index contributed by atoms with van der Waals surface area (Å²) in [4.78, 5) is 16.1. The first-order chi connectivity index (χ1) is 34.2. The second-order valence-corrected chi connectivity index (χ2v) is 25.1. The number of para-hydroxylation sites is 1. The van der Waals surface area contributed by atoms with Crippen LogP contribution in [0.2, 0.25) is 0 Å². The van der Waals surface area contributed by atoms with E-state index in [4.69, 9.17) is 15.0 Å². The van der Waals surface area contributed by atoms with Crippen molar-refractivity contribution in [3.63, 3.8) is 0 Å². The molecule has 12 rings (SSSR count). The van der Waals surface area contributed by atoms with Gasteiger partial charge in [0.25, 0.3) is 0 Å². The van der Waals surface area contributed by atoms with Gasteiger partial charge in [-0.1, -0.05) is 249 Å². The minimum Gasteiger partial charge on any atom is -0.262 e. The average Bonchev–Trinajstić information content (AvgIpc) is 3.78. The Kier molecular flexibility index (Phi) is 10.9. The van der Waals surface area contributed by atoms with Gasteiger partial charge in [-0.05, 0) is 65.8 Å². The maximum atomic E-state index is 5.56. The van der Waals surface area contributed by atoms with Gasteiger partial charge < -0.3 is 0 Å². The molecular formula is C63H46N4Si2. The largest absolute Gasteiger partial charge is 0.262 e. The molecule has 4 nitrogen and oxygen atoms in total. The van der Waals surface area contributed by atoms with Crippen molar-refractivity contribution in [1.82, 2.24) is 19.5 Å². The maximum Gasteiger partial charge on any atom is 0.237 e. The summed E-state index contributed by atoms with van der Waals surface area (Å²) in [5.74, 6) is 0.568. The van der Waals surface area contributed by atoms with Crippen LogP contribution < -0.4 is 41.5 Å². The topological polar surface area (TPSA) is 43.6 Å². The lowest BCUT2D eigenvalue weighted by Crippen LogP contribution is -2.74. The summed E-state index contributed by atoms with van der Waals surface area (Å²) in [7, 11) is -5.72. The maximum absolute atomic E-state index is 5.56. The Bertz CT molecular complexity index is 3280. The molecule has 326 valence electrons. The van der Waals surface area contributed by atoms with Gasteiger partial charge in [0, 0.05) is 28.1 Å². The van der Waals surface area contributed by atoms with Crippen molar-refractivity contribution >= 4 is 79.6 Å². The minimum absolute atomic E-state index is 0.568. The Morgan fingerprint density at radius 3 is 1.04 bits per heavy atom. The van der Waals surface area contributed by atoms with E-state index in [9.17, 15) is 0 Å². The number of hydrogen-bond acceptors (Lipinski definition) is 3. The van der Waals surface area contributed by atoms with Crippen LogP contribution in [0.5, 0.6) is 0 Å². The molecule has 3 aromatic heterocycles. The fourth-order valence-corrected chi connectivity index (χ4v) is 20.4. The zero-order valence-corrected chi connectivity index (χ0v) is 39.8. The van der Waals surface area contributed by atoms with E-state index in [1.807, 2.05) is 12.3 Å². The van der Waals surface area contributed by atoms with E-state index in [0.717, 1.165) is 44.5 Å². The molecule has 3 heterocycles. The third-order valence-corrected chi connectivity index (χ3v) is 23.3. The van der Waals surface area contributed by atoms with E-state index in [1.165, 1.54) is 41.5 Å². The number of nitrogens with zero attached hydrogens (tertiary/aromatic N) is 4. The highest BCUT2D eigenvalue weighted by atomic mass is 28.3. The molecule has 0 spiro atoms. The van der Waals surface area contributed by atoms with Gasteiger partial charge in [0.2, 0.25) is 5.95 Å². The second-order valence-electron chi connectivity index (χ2n) is 17.5. The Hall–Kier alpha value is -8.56. The van der Waals surface area contributed by atoms with Gasteiger partial charge in [-0.15, -0.1) is 0 Å². The first-order valence-electron chi connectivity index (χ1n) is 23.5. The summed E-state index contributed by atoms with van der Waals surface area (Å²) in [6.07, 6.45) is 1.86. The van der Waals surface area contributed by atoms with Gasteiger partial charge in [-0.25, -0.2) is 15.0 Å². The molecule has 0 aliphatic heterocycles. The van der Waals surface area contributed by atoms with Crippen molar-refractivity contribution in [1.29, 1.82) is 0 Å². The van der Waals surface area contributed by atoms with Gasteiger partial charge in [0.15, 0.2) is 16.1 Å². The lowest BCUT2D eigenvalue weighted by atomic mass is 10.1. The van der Waals surface area contributed by atoms with Gasteiger partial charge in [-0.3, -0.25) is 4.57 Å². The summed E-state index contributed by atoms with van der Waals surface area (Å²) < 4.78 is 2.14. The molecule has 0 bridgehead atoms. The lowest BCUT2D eigenvalue weighted by molar-refractivity contribution is 0.982. The zero-order valence-electron chi connectivity index (χ0n) is 37.8. The molecule has 0 atom stereocenters. The van der Waals surface area contributed by atoms with Crippen molar-refractivity contribution in [2.45, 2.75) is 0 Å². The van der Waals surface area contributed by atoms with Gasteiger partial charge >= 0.3 is 0 Å². The van der Waals surface area contributed by atoms with Crippen LogP contribution in [0.4, 0.5) is 0 Å².